The summed E-state index contributed by atoms with van der Waals surface area (Å²) in [6.45, 7) is 0.205. The molecule has 0 atom stereocenters. The fraction of sp³-hybridized carbons (Fsp3) is 0.294. The normalized spacial score (nSPS) is 8.82. The third-order valence-electron chi connectivity index (χ3n) is 2.55. The fourth-order valence-corrected chi connectivity index (χ4v) is 1.40. The highest BCUT2D eigenvalue weighted by molar-refractivity contribution is 6.17. The molecule has 2 rings (SSSR count). The van der Waals surface area contributed by atoms with E-state index in [2.05, 4.69) is 0 Å². The molecule has 0 amide bonds. The van der Waals surface area contributed by atoms with Gasteiger partial charge >= 0.3 is 0 Å². The number of phenols is 1. The van der Waals surface area contributed by atoms with Gasteiger partial charge in [-0.1, -0.05) is 7.43 Å². The van der Waals surface area contributed by atoms with Crippen LogP contribution in [0.15, 0.2) is 48.5 Å². The van der Waals surface area contributed by atoms with E-state index in [1.807, 2.05) is 0 Å². The number of hydrogen-bond acceptors (Lipinski definition) is 8. The predicted octanol–water partition coefficient (Wildman–Crippen LogP) is 3.12. The molecule has 0 fully saturated rings. The van der Waals surface area contributed by atoms with Gasteiger partial charge in [0.05, 0.1) is 23.1 Å². The van der Waals surface area contributed by atoms with Gasteiger partial charge in [-0.2, -0.15) is 0 Å². The first-order valence-electron chi connectivity index (χ1n) is 7.44. The van der Waals surface area contributed by atoms with Crippen molar-refractivity contribution in [3.63, 3.8) is 0 Å². The lowest BCUT2D eigenvalue weighted by Gasteiger charge is -2.02. The number of nitrogens with zero attached hydrogens (tertiary/aromatic N) is 2. The first-order valence-corrected chi connectivity index (χ1v) is 7.97. The molecule has 0 unspecified atom stereocenters. The molecule has 0 radical (unpaired) electrons. The monoisotopic (exact) mass is 418 g/mol. The summed E-state index contributed by atoms with van der Waals surface area (Å²) in [4.78, 5) is 19.3. The van der Waals surface area contributed by atoms with Crippen LogP contribution in [-0.4, -0.2) is 50.9 Å². The number of aromatic hydroxyl groups is 1. The van der Waals surface area contributed by atoms with Crippen molar-refractivity contribution in [2.75, 3.05) is 25.7 Å². The molecule has 156 valence electrons. The molecular weight excluding hydrogens is 396 g/mol. The molecule has 0 aliphatic carbocycles. The Balaban J connectivity index is 0. The molecule has 10 nitrogen and oxygen atoms in total. The first-order chi connectivity index (χ1) is 12.8. The number of nitro groups is 2. The zero-order valence-corrected chi connectivity index (χ0v) is 14.9. The van der Waals surface area contributed by atoms with E-state index in [0.717, 1.165) is 0 Å². The van der Waals surface area contributed by atoms with E-state index in [4.69, 9.17) is 31.7 Å². The molecule has 28 heavy (non-hydrogen) atoms. The Kier molecular flexibility index (Phi) is 15.8. The number of aliphatic hydroxyl groups excluding tert-OH is 2. The van der Waals surface area contributed by atoms with Gasteiger partial charge in [0.1, 0.15) is 18.1 Å². The lowest BCUT2D eigenvalue weighted by Crippen LogP contribution is -2.01. The molecular formula is C17H23ClN2O8. The van der Waals surface area contributed by atoms with Gasteiger partial charge in [0, 0.05) is 30.1 Å². The van der Waals surface area contributed by atoms with Crippen molar-refractivity contribution in [3.8, 4) is 11.5 Å². The van der Waals surface area contributed by atoms with E-state index >= 15 is 0 Å². The number of nitro benzene ring substituents is 2. The standard InChI is InChI=1S/C8H9NO4.C6H5NO3.C2H5ClO.CH4/c10-5-6-13-8-3-1-7(2-4-8)9(11)12;8-6-3-1-5(2-4-6)7(9)10;3-1-2-4;/h1-4,10H,5-6H2;1-4,8H;4H,1-2H2;1H4. The highest BCUT2D eigenvalue weighted by Crippen LogP contribution is 2.17. The molecule has 0 aliphatic heterocycles. The Labute approximate surface area is 166 Å². The van der Waals surface area contributed by atoms with Gasteiger partial charge in [0.15, 0.2) is 0 Å². The zero-order chi connectivity index (χ0) is 20.7. The van der Waals surface area contributed by atoms with E-state index in [9.17, 15) is 20.2 Å². The Bertz CT molecular complexity index is 679. The number of aliphatic hydroxyl groups is 2. The maximum atomic E-state index is 10.3. The van der Waals surface area contributed by atoms with Crippen molar-refractivity contribution in [1.82, 2.24) is 0 Å². The highest BCUT2D eigenvalue weighted by atomic mass is 35.5. The average molecular weight is 419 g/mol. The van der Waals surface area contributed by atoms with Crippen LogP contribution in [0.1, 0.15) is 7.43 Å². The van der Waals surface area contributed by atoms with Gasteiger partial charge in [-0.25, -0.2) is 0 Å². The van der Waals surface area contributed by atoms with Gasteiger partial charge in [0.25, 0.3) is 11.4 Å². The van der Waals surface area contributed by atoms with Crippen molar-refractivity contribution in [2.45, 2.75) is 7.43 Å². The summed E-state index contributed by atoms with van der Waals surface area (Å²) in [5.74, 6) is 0.894. The third-order valence-corrected chi connectivity index (χ3v) is 2.72. The van der Waals surface area contributed by atoms with Crippen LogP contribution in [0, 0.1) is 20.2 Å². The van der Waals surface area contributed by atoms with E-state index in [0.29, 0.717) is 11.6 Å². The minimum Gasteiger partial charge on any atom is -0.508 e. The number of phenolic OH excluding ortho intramolecular Hbond substituents is 1. The molecule has 0 saturated carbocycles. The third kappa shape index (κ3) is 12.4. The lowest BCUT2D eigenvalue weighted by molar-refractivity contribution is -0.385. The molecule has 0 aliphatic rings. The average Bonchev–Trinajstić information content (AvgIpc) is 2.67. The van der Waals surface area contributed by atoms with Gasteiger partial charge in [-0.3, -0.25) is 20.2 Å². The fourth-order valence-electron chi connectivity index (χ4n) is 1.40. The number of ether oxygens (including phenoxy) is 1. The van der Waals surface area contributed by atoms with Crippen molar-refractivity contribution in [2.24, 2.45) is 0 Å². The van der Waals surface area contributed by atoms with Crippen LogP contribution in [0.4, 0.5) is 11.4 Å². The van der Waals surface area contributed by atoms with Gasteiger partial charge in [-0.05, 0) is 24.3 Å². The lowest BCUT2D eigenvalue weighted by atomic mass is 10.3. The number of alkyl halides is 1. The second-order valence-electron chi connectivity index (χ2n) is 4.51. The molecule has 0 heterocycles. The Hall–Kier alpha value is -2.95. The van der Waals surface area contributed by atoms with Crippen LogP contribution >= 0.6 is 11.6 Å². The first kappa shape index (κ1) is 27.3. The maximum Gasteiger partial charge on any atom is 0.269 e. The van der Waals surface area contributed by atoms with E-state index in [-0.39, 0.29) is 44.4 Å². The molecule has 2 aromatic rings. The van der Waals surface area contributed by atoms with Crippen molar-refractivity contribution in [1.29, 1.82) is 0 Å². The quantitative estimate of drug-likeness (QED) is 0.367. The summed E-state index contributed by atoms with van der Waals surface area (Å²) in [6, 6.07) is 10.7. The number of halogens is 1. The van der Waals surface area contributed by atoms with Crippen LogP contribution in [0.5, 0.6) is 11.5 Å². The smallest absolute Gasteiger partial charge is 0.269 e. The summed E-state index contributed by atoms with van der Waals surface area (Å²) in [5.41, 5.74) is 0.00847. The molecule has 11 heteroatoms. The van der Waals surface area contributed by atoms with Crippen LogP contribution in [0.25, 0.3) is 0 Å². The van der Waals surface area contributed by atoms with Crippen molar-refractivity contribution < 1.29 is 29.9 Å². The predicted molar refractivity (Wildman–Crippen MR) is 105 cm³/mol. The number of benzene rings is 2. The van der Waals surface area contributed by atoms with Gasteiger partial charge in [0.2, 0.25) is 0 Å². The minimum absolute atomic E-state index is 0. The summed E-state index contributed by atoms with van der Waals surface area (Å²) in [6.07, 6.45) is 0. The molecule has 0 aromatic heterocycles. The Morgan fingerprint density at radius 1 is 0.857 bits per heavy atom. The number of non-ortho nitro benzene ring substituents is 2. The molecule has 3 N–H and O–H groups in total. The highest BCUT2D eigenvalue weighted by Gasteiger charge is 2.03. The number of rotatable bonds is 6. The molecule has 0 spiro atoms. The molecule has 0 saturated heterocycles. The maximum absolute atomic E-state index is 10.3. The van der Waals surface area contributed by atoms with E-state index < -0.39 is 9.85 Å². The zero-order valence-electron chi connectivity index (χ0n) is 14.1. The van der Waals surface area contributed by atoms with E-state index in [1.54, 1.807) is 0 Å². The SMILES string of the molecule is C.O=[N+]([O-])c1ccc(O)cc1.O=[N+]([O-])c1ccc(OCCO)cc1.OCCCl. The van der Waals surface area contributed by atoms with E-state index in [1.165, 1.54) is 48.5 Å². The van der Waals surface area contributed by atoms with Crippen LogP contribution in [0.3, 0.4) is 0 Å². The largest absolute Gasteiger partial charge is 0.508 e. The summed E-state index contributed by atoms with van der Waals surface area (Å²) < 4.78 is 5.02. The van der Waals surface area contributed by atoms with Crippen LogP contribution < -0.4 is 4.74 Å². The number of hydrogen-bond donors (Lipinski definition) is 3. The van der Waals surface area contributed by atoms with Crippen LogP contribution in [-0.2, 0) is 0 Å². The second kappa shape index (κ2) is 16.2. The minimum atomic E-state index is -0.514. The summed E-state index contributed by atoms with van der Waals surface area (Å²) >= 11 is 4.94. The van der Waals surface area contributed by atoms with Crippen molar-refractivity contribution in [3.05, 3.63) is 68.8 Å². The van der Waals surface area contributed by atoms with Crippen molar-refractivity contribution >= 4 is 23.0 Å². The molecule has 0 bridgehead atoms. The molecule has 2 aromatic carbocycles. The summed E-state index contributed by atoms with van der Waals surface area (Å²) in [5, 5.41) is 45.2. The summed E-state index contributed by atoms with van der Waals surface area (Å²) in [7, 11) is 0. The topological polar surface area (TPSA) is 156 Å². The Morgan fingerprint density at radius 2 is 1.25 bits per heavy atom. The van der Waals surface area contributed by atoms with Gasteiger partial charge < -0.3 is 20.1 Å². The van der Waals surface area contributed by atoms with Gasteiger partial charge in [-0.15, -0.1) is 11.6 Å². The second-order valence-corrected chi connectivity index (χ2v) is 4.89. The van der Waals surface area contributed by atoms with Crippen LogP contribution in [0.2, 0.25) is 0 Å². The Morgan fingerprint density at radius 3 is 1.57 bits per heavy atom.